The summed E-state index contributed by atoms with van der Waals surface area (Å²) < 4.78 is 0. The molecule has 1 rings (SSSR count). The van der Waals surface area contributed by atoms with Crippen LogP contribution < -0.4 is 5.32 Å². The Morgan fingerprint density at radius 1 is 1.30 bits per heavy atom. The Hall–Kier alpha value is -0.120. The fourth-order valence-electron chi connectivity index (χ4n) is 0.656. The van der Waals surface area contributed by atoms with Crippen LogP contribution in [0.4, 0.5) is 0 Å². The van der Waals surface area contributed by atoms with Crippen molar-refractivity contribution in [3.63, 3.8) is 0 Å². The third kappa shape index (κ3) is 2.25. The number of hydrogen-bond acceptors (Lipinski definition) is 1. The van der Waals surface area contributed by atoms with E-state index in [1.54, 1.807) is 0 Å². The highest BCUT2D eigenvalue weighted by atomic mass is 31.0. The lowest BCUT2D eigenvalue weighted by atomic mass is 10.4. The van der Waals surface area contributed by atoms with Crippen LogP contribution in [0.2, 0.25) is 0 Å². The molecule has 0 fully saturated rings. The first-order valence-corrected chi connectivity index (χ1v) is 4.28. The van der Waals surface area contributed by atoms with Crippen molar-refractivity contribution in [3.05, 3.63) is 35.1 Å². The number of allylic oxidation sites excluding steroid dienone is 4. The molecule has 1 heterocycles. The van der Waals surface area contributed by atoms with E-state index in [1.165, 1.54) is 10.6 Å². The number of rotatable bonds is 0. The lowest BCUT2D eigenvalue weighted by Gasteiger charge is -2.03. The normalized spacial score (nSPS) is 31.8. The second-order valence-electron chi connectivity index (χ2n) is 2.06. The molecule has 1 aliphatic rings. The highest BCUT2D eigenvalue weighted by Gasteiger charge is 1.91. The van der Waals surface area contributed by atoms with Gasteiger partial charge in [-0.15, -0.1) is 18.5 Å². The van der Waals surface area contributed by atoms with Crippen molar-refractivity contribution in [1.82, 2.24) is 5.32 Å². The first-order chi connectivity index (χ1) is 4.80. The van der Waals surface area contributed by atoms with E-state index in [0.717, 1.165) is 6.54 Å². The van der Waals surface area contributed by atoms with Crippen LogP contribution in [0.3, 0.4) is 0 Å². The highest BCUT2D eigenvalue weighted by molar-refractivity contribution is 7.30. The highest BCUT2D eigenvalue weighted by Crippen LogP contribution is 2.22. The standard InChI is InChI=1S/C7H11NP2/c9-6-3-1-2-4-8-5-7(6)10/h1-3,5,8H,4,9-10H2/b2-1-,6-3+,7-5+. The molecule has 2 unspecified atom stereocenters. The smallest absolute Gasteiger partial charge is 0.0328 e. The molecule has 0 saturated heterocycles. The van der Waals surface area contributed by atoms with Gasteiger partial charge in [-0.2, -0.15) is 0 Å². The Morgan fingerprint density at radius 2 is 2.10 bits per heavy atom. The van der Waals surface area contributed by atoms with Crippen LogP contribution in [-0.4, -0.2) is 6.54 Å². The van der Waals surface area contributed by atoms with Crippen molar-refractivity contribution in [3.8, 4) is 0 Å². The van der Waals surface area contributed by atoms with Crippen LogP contribution >= 0.6 is 18.5 Å². The summed E-state index contributed by atoms with van der Waals surface area (Å²) in [6.45, 7) is 0.909. The molecule has 0 aromatic carbocycles. The Morgan fingerprint density at radius 3 is 2.90 bits per heavy atom. The van der Waals surface area contributed by atoms with E-state index in [-0.39, 0.29) is 0 Å². The lowest BCUT2D eigenvalue weighted by molar-refractivity contribution is 0.981. The van der Waals surface area contributed by atoms with E-state index in [9.17, 15) is 0 Å². The topological polar surface area (TPSA) is 12.0 Å². The molecule has 3 heteroatoms. The van der Waals surface area contributed by atoms with Crippen molar-refractivity contribution >= 4 is 18.5 Å². The van der Waals surface area contributed by atoms with E-state index in [2.05, 4.69) is 35.9 Å². The van der Waals surface area contributed by atoms with Gasteiger partial charge in [0.2, 0.25) is 0 Å². The fourth-order valence-corrected chi connectivity index (χ4v) is 1.06. The van der Waals surface area contributed by atoms with Gasteiger partial charge in [-0.1, -0.05) is 18.2 Å². The van der Waals surface area contributed by atoms with Crippen LogP contribution in [0, 0.1) is 0 Å². The summed E-state index contributed by atoms with van der Waals surface area (Å²) in [6, 6.07) is 0. The molecule has 0 aromatic rings. The van der Waals surface area contributed by atoms with E-state index in [0.29, 0.717) is 0 Å². The van der Waals surface area contributed by atoms with Crippen LogP contribution in [-0.2, 0) is 0 Å². The van der Waals surface area contributed by atoms with Gasteiger partial charge in [-0.3, -0.25) is 0 Å². The molecule has 0 aliphatic carbocycles. The summed E-state index contributed by atoms with van der Waals surface area (Å²) in [5.41, 5.74) is 0. The van der Waals surface area contributed by atoms with Crippen molar-refractivity contribution in [1.29, 1.82) is 0 Å². The zero-order valence-electron chi connectivity index (χ0n) is 5.67. The van der Waals surface area contributed by atoms with Gasteiger partial charge >= 0.3 is 0 Å². The lowest BCUT2D eigenvalue weighted by Crippen LogP contribution is -2.05. The largest absolute Gasteiger partial charge is 0.387 e. The van der Waals surface area contributed by atoms with Gasteiger partial charge in [0.05, 0.1) is 0 Å². The average molecular weight is 171 g/mol. The molecule has 0 bridgehead atoms. The van der Waals surface area contributed by atoms with Crippen molar-refractivity contribution in [2.45, 2.75) is 0 Å². The molecule has 2 atom stereocenters. The molecule has 0 radical (unpaired) electrons. The van der Waals surface area contributed by atoms with Crippen molar-refractivity contribution < 1.29 is 0 Å². The third-order valence-electron chi connectivity index (χ3n) is 1.24. The van der Waals surface area contributed by atoms with Crippen LogP contribution in [0.5, 0.6) is 0 Å². The van der Waals surface area contributed by atoms with Crippen LogP contribution in [0.25, 0.3) is 0 Å². The molecule has 0 spiro atoms. The first kappa shape index (κ1) is 7.98. The number of nitrogens with one attached hydrogen (secondary N) is 1. The summed E-state index contributed by atoms with van der Waals surface area (Å²) in [5.74, 6) is 0. The summed E-state index contributed by atoms with van der Waals surface area (Å²) in [6.07, 6.45) is 8.20. The van der Waals surface area contributed by atoms with Gasteiger partial charge in [-0.25, -0.2) is 0 Å². The van der Waals surface area contributed by atoms with Crippen molar-refractivity contribution in [2.75, 3.05) is 6.54 Å². The molecular formula is C7H11NP2. The minimum atomic E-state index is 0.909. The third-order valence-corrected chi connectivity index (χ3v) is 2.60. The maximum absolute atomic E-state index is 3.14. The van der Waals surface area contributed by atoms with E-state index in [4.69, 9.17) is 0 Å². The molecule has 10 heavy (non-hydrogen) atoms. The predicted octanol–water partition coefficient (Wildman–Crippen LogP) is 1.62. The molecular weight excluding hydrogens is 160 g/mol. The second kappa shape index (κ2) is 3.91. The van der Waals surface area contributed by atoms with Gasteiger partial charge in [0.25, 0.3) is 0 Å². The Labute approximate surface area is 66.1 Å². The summed E-state index contributed by atoms with van der Waals surface area (Å²) in [4.78, 5) is 0. The maximum Gasteiger partial charge on any atom is 0.0328 e. The van der Waals surface area contributed by atoms with E-state index < -0.39 is 0 Å². The van der Waals surface area contributed by atoms with Crippen molar-refractivity contribution in [2.24, 2.45) is 0 Å². The Bertz CT molecular complexity index is 204. The zero-order chi connectivity index (χ0) is 7.40. The molecule has 1 aliphatic heterocycles. The zero-order valence-corrected chi connectivity index (χ0v) is 7.98. The van der Waals surface area contributed by atoms with Gasteiger partial charge in [0, 0.05) is 12.7 Å². The average Bonchev–Trinajstić information content (AvgIpc) is 1.92. The summed E-state index contributed by atoms with van der Waals surface area (Å²) >= 11 is 0. The van der Waals surface area contributed by atoms with E-state index in [1.807, 2.05) is 12.3 Å². The molecule has 1 N–H and O–H groups in total. The molecule has 0 amide bonds. The van der Waals surface area contributed by atoms with E-state index >= 15 is 0 Å². The molecule has 1 nitrogen and oxygen atoms in total. The van der Waals surface area contributed by atoms with Crippen LogP contribution in [0.1, 0.15) is 0 Å². The summed E-state index contributed by atoms with van der Waals surface area (Å²) in [5, 5.41) is 5.54. The minimum absolute atomic E-state index is 0.909. The Kier molecular flexibility index (Phi) is 3.12. The maximum atomic E-state index is 3.14. The first-order valence-electron chi connectivity index (χ1n) is 3.12. The molecule has 0 saturated carbocycles. The van der Waals surface area contributed by atoms with Gasteiger partial charge in [0.1, 0.15) is 0 Å². The SMILES string of the molecule is PC1=C/C=C\CN/C=C\1P. The monoisotopic (exact) mass is 171 g/mol. The van der Waals surface area contributed by atoms with Gasteiger partial charge in [-0.05, 0) is 10.6 Å². The van der Waals surface area contributed by atoms with Gasteiger partial charge < -0.3 is 5.32 Å². The predicted molar refractivity (Wildman–Crippen MR) is 52.7 cm³/mol. The summed E-state index contributed by atoms with van der Waals surface area (Å²) in [7, 11) is 5.36. The Balaban J connectivity index is 2.81. The second-order valence-corrected chi connectivity index (χ2v) is 3.30. The molecule has 54 valence electrons. The minimum Gasteiger partial charge on any atom is -0.387 e. The fraction of sp³-hybridized carbons (Fsp3) is 0.143. The molecule has 0 aromatic heterocycles. The van der Waals surface area contributed by atoms with Crippen LogP contribution in [0.15, 0.2) is 35.1 Å². The van der Waals surface area contributed by atoms with Gasteiger partial charge in [0.15, 0.2) is 0 Å². The quantitative estimate of drug-likeness (QED) is 0.546. The number of hydrogen-bond donors (Lipinski definition) is 1.